The number of carbonyl (C=O) groups excluding carboxylic acids is 9. The molecule has 0 saturated heterocycles. The number of aromatic hydroxyl groups is 6. The van der Waals surface area contributed by atoms with E-state index in [2.05, 4.69) is 91.0 Å². The number of rotatable bonds is 26. The van der Waals surface area contributed by atoms with Gasteiger partial charge in [-0.3, -0.25) is 43.2 Å². The van der Waals surface area contributed by atoms with Crippen molar-refractivity contribution in [2.75, 3.05) is 109 Å². The van der Waals surface area contributed by atoms with Gasteiger partial charge in [-0.05, 0) is 127 Å². The van der Waals surface area contributed by atoms with Gasteiger partial charge in [-0.1, -0.05) is 126 Å². The van der Waals surface area contributed by atoms with Crippen LogP contribution >= 0.6 is 0 Å². The summed E-state index contributed by atoms with van der Waals surface area (Å²) in [5.41, 5.74) is 7.86. The lowest BCUT2D eigenvalue weighted by Crippen LogP contribution is -2.31. The summed E-state index contributed by atoms with van der Waals surface area (Å²) in [5, 5.41) is 102. The second-order valence-corrected chi connectivity index (χ2v) is 30.7. The smallest absolute Gasteiger partial charge is 0.325 e. The monoisotopic (exact) mass is 1800 g/mol. The van der Waals surface area contributed by atoms with Crippen LogP contribution in [0.2, 0.25) is 0 Å². The van der Waals surface area contributed by atoms with Crippen LogP contribution in [-0.4, -0.2) is 248 Å². The first-order valence-corrected chi connectivity index (χ1v) is 40.5. The molecule has 36 heteroatoms. The van der Waals surface area contributed by atoms with E-state index in [1.165, 1.54) is 33.7 Å². The number of aliphatic hydroxyl groups excluding tert-OH is 2. The molecule has 0 aliphatic carbocycles. The predicted octanol–water partition coefficient (Wildman–Crippen LogP) is 10.3. The van der Waals surface area contributed by atoms with Crippen molar-refractivity contribution in [2.24, 2.45) is 0 Å². The van der Waals surface area contributed by atoms with E-state index in [0.29, 0.717) is 74.8 Å². The van der Waals surface area contributed by atoms with Crippen LogP contribution in [0, 0.1) is 41.5 Å². The summed E-state index contributed by atoms with van der Waals surface area (Å²) in [6, 6.07) is 33.1. The van der Waals surface area contributed by atoms with E-state index in [1.54, 1.807) is 49.5 Å². The summed E-state index contributed by atoms with van der Waals surface area (Å²) >= 11 is 0. The highest BCUT2D eigenvalue weighted by atomic mass is 16.5. The number of aliphatic hydroxyl groups is 2. The van der Waals surface area contributed by atoms with Gasteiger partial charge in [-0.2, -0.15) is 0 Å². The summed E-state index contributed by atoms with van der Waals surface area (Å²) in [4.78, 5) is 137. The summed E-state index contributed by atoms with van der Waals surface area (Å²) in [6.07, 6.45) is 4.61. The molecule has 0 spiro atoms. The van der Waals surface area contributed by atoms with Crippen molar-refractivity contribution in [2.45, 2.75) is 68.1 Å². The van der Waals surface area contributed by atoms with E-state index in [4.69, 9.17) is 19.7 Å². The number of aromatic nitrogens is 6. The molecular formula is C95H109N15O21. The molecule has 0 aliphatic rings. The minimum absolute atomic E-state index is 0.00902. The van der Waals surface area contributed by atoms with E-state index >= 15 is 0 Å². The quantitative estimate of drug-likeness (QED) is 0.0136. The molecule has 12 aromatic rings. The number of fused-ring (bicyclic) bond motifs is 6. The maximum atomic E-state index is 12.4. The SMILES string of the molecule is C=C(CNC(=O)c1ncc2cc(C)ccc2c1O)OC.C=C(O)CNC(=O)c1nc(CN(C)C)c2cc(C)ccc2c1O.C=C(O)CNC(=O)c1ncc2cc(C)ccc2c1O.CCOC(=O)CNC(=O)c1nc(CN(C)C)c2cc(C)ccc2c1O.COC(=O)CNC(=O)c1nc(CN(C)C)c2cc(C)ccc2c1O.COC(=O)CNC(=O)c1ncc2cc(C)ccc2c1O. The zero-order chi connectivity index (χ0) is 96.9. The van der Waals surface area contributed by atoms with Gasteiger partial charge < -0.3 is 106 Å². The number of amides is 6. The first-order valence-electron chi connectivity index (χ1n) is 40.5. The van der Waals surface area contributed by atoms with Crippen LogP contribution in [0.1, 0.15) is 120 Å². The number of methoxy groups -OCH3 is 3. The molecule has 131 heavy (non-hydrogen) atoms. The summed E-state index contributed by atoms with van der Waals surface area (Å²) in [7, 11) is 15.3. The number of benzene rings is 6. The molecule has 0 fully saturated rings. The molecule has 36 nitrogen and oxygen atoms in total. The third kappa shape index (κ3) is 28.7. The van der Waals surface area contributed by atoms with Gasteiger partial charge in [-0.25, -0.2) is 29.9 Å². The number of pyridine rings is 6. The van der Waals surface area contributed by atoms with Gasteiger partial charge in [0.15, 0.2) is 68.7 Å². The number of aryl methyl sites for hydroxylation is 6. The zero-order valence-corrected chi connectivity index (χ0v) is 75.7. The van der Waals surface area contributed by atoms with Crippen LogP contribution in [0.25, 0.3) is 64.6 Å². The van der Waals surface area contributed by atoms with Gasteiger partial charge >= 0.3 is 17.9 Å². The lowest BCUT2D eigenvalue weighted by atomic mass is 10.0. The predicted molar refractivity (Wildman–Crippen MR) is 495 cm³/mol. The van der Waals surface area contributed by atoms with E-state index in [1.807, 2.05) is 171 Å². The lowest BCUT2D eigenvalue weighted by molar-refractivity contribution is -0.142. The first-order chi connectivity index (χ1) is 62.0. The average molecular weight is 1800 g/mol. The highest BCUT2D eigenvalue weighted by molar-refractivity contribution is 6.08. The molecule has 690 valence electrons. The Morgan fingerprint density at radius 1 is 0.321 bits per heavy atom. The van der Waals surface area contributed by atoms with Crippen molar-refractivity contribution < 1.29 is 103 Å². The van der Waals surface area contributed by atoms with Gasteiger partial charge in [-0.15, -0.1) is 0 Å². The van der Waals surface area contributed by atoms with E-state index in [0.717, 1.165) is 65.7 Å². The molecular weight excluding hydrogens is 1690 g/mol. The molecule has 0 radical (unpaired) electrons. The van der Waals surface area contributed by atoms with Crippen LogP contribution in [0.4, 0.5) is 0 Å². The normalized spacial score (nSPS) is 10.6. The first kappa shape index (κ1) is 102. The maximum absolute atomic E-state index is 12.4. The van der Waals surface area contributed by atoms with Gasteiger partial charge in [0.25, 0.3) is 35.4 Å². The molecule has 0 saturated carbocycles. The Bertz CT molecular complexity index is 6220. The lowest BCUT2D eigenvalue weighted by Gasteiger charge is -2.15. The van der Waals surface area contributed by atoms with Crippen LogP contribution < -0.4 is 31.9 Å². The number of hydrogen-bond donors (Lipinski definition) is 14. The number of esters is 3. The molecule has 6 aromatic heterocycles. The van der Waals surface area contributed by atoms with Crippen molar-refractivity contribution in [3.8, 4) is 34.5 Å². The molecule has 0 unspecified atom stereocenters. The third-order valence-corrected chi connectivity index (χ3v) is 19.0. The Hall–Kier alpha value is -15.7. The van der Waals surface area contributed by atoms with Gasteiger partial charge in [0, 0.05) is 103 Å². The van der Waals surface area contributed by atoms with Gasteiger partial charge in [0.1, 0.15) is 36.9 Å². The van der Waals surface area contributed by atoms with Gasteiger partial charge in [0.2, 0.25) is 0 Å². The van der Waals surface area contributed by atoms with E-state index < -0.39 is 53.4 Å². The fourth-order valence-corrected chi connectivity index (χ4v) is 12.6. The molecule has 6 amide bonds. The van der Waals surface area contributed by atoms with Crippen LogP contribution in [0.3, 0.4) is 0 Å². The van der Waals surface area contributed by atoms with Gasteiger partial charge in [0.05, 0.1) is 64.7 Å². The molecule has 12 rings (SSSR count). The van der Waals surface area contributed by atoms with Crippen molar-refractivity contribution in [1.82, 2.24) is 76.5 Å². The molecule has 0 atom stereocenters. The minimum Gasteiger partial charge on any atom is -0.511 e. The van der Waals surface area contributed by atoms with Crippen LogP contribution in [-0.2, 0) is 53.0 Å². The highest BCUT2D eigenvalue weighted by Crippen LogP contribution is 2.36. The molecule has 6 heterocycles. The topological polar surface area (TPSA) is 512 Å². The van der Waals surface area contributed by atoms with E-state index in [9.17, 15) is 73.8 Å². The fourth-order valence-electron chi connectivity index (χ4n) is 12.6. The number of nitrogens with zero attached hydrogens (tertiary/aromatic N) is 9. The Labute approximate surface area is 755 Å². The van der Waals surface area contributed by atoms with Crippen molar-refractivity contribution in [1.29, 1.82) is 0 Å². The highest BCUT2D eigenvalue weighted by Gasteiger charge is 2.26. The average Bonchev–Trinajstić information content (AvgIpc) is 0.800. The Morgan fingerprint density at radius 2 is 0.557 bits per heavy atom. The molecule has 14 N–H and O–H groups in total. The van der Waals surface area contributed by atoms with Crippen LogP contribution in [0.15, 0.2) is 165 Å². The molecule has 0 aliphatic heterocycles. The molecule has 6 aromatic carbocycles. The summed E-state index contributed by atoms with van der Waals surface area (Å²) in [6.45, 7) is 24.5. The summed E-state index contributed by atoms with van der Waals surface area (Å²) in [5.74, 6) is -6.10. The van der Waals surface area contributed by atoms with E-state index in [-0.39, 0.29) is 126 Å². The summed E-state index contributed by atoms with van der Waals surface area (Å²) < 4.78 is 18.5. The Kier molecular flexibility index (Phi) is 37.3. The fraction of sp³-hybridized carbons (Fsp3) is 0.274. The second-order valence-electron chi connectivity index (χ2n) is 30.7. The Balaban J connectivity index is 0.000000215. The third-order valence-electron chi connectivity index (χ3n) is 19.0. The largest absolute Gasteiger partial charge is 0.511 e. The zero-order valence-electron chi connectivity index (χ0n) is 75.7. The minimum atomic E-state index is -0.629. The number of nitrogens with one attached hydrogen (secondary N) is 6. The number of hydrogen-bond acceptors (Lipinski definition) is 30. The number of ether oxygens (including phenoxy) is 4. The Morgan fingerprint density at radius 3 is 0.809 bits per heavy atom. The number of carbonyl (C=O) groups is 9. The van der Waals surface area contributed by atoms with Crippen molar-refractivity contribution in [3.05, 3.63) is 249 Å². The standard InChI is InChI=1S/C18H23N3O4.C17H21N3O4.C17H21N3O3.C15H16N2O3.C14H14N2O4.C14H14N2O3/c1-5-25-15(22)9-19-18(24)16-17(23)12-7-6-11(2)8-13(12)14(20-16)10-21(3)4;1-10-5-6-11-12(7-10)13(9-20(2)3)19-15(16(11)22)17(23)18-8-14(21)24-4;1-10-5-6-12-13(7-10)14(9-20(3)4)19-15(16(12)22)17(23)18-8-11(2)21;1-9-4-5-12-11(6-9)8-16-13(14(12)18)15(19)17-7-10(2)20-3;1-8-3-4-10-9(5-8)6-15-12(13(10)18)14(19)16-7-11(17)20-2;1-8-3-4-11-10(5-8)7-15-12(13(11)18)14(19)16-6-9(2)17/h6-8,23H,5,9-10H2,1-4H3,(H,19,24);5-7,22H,8-9H2,1-4H3,(H,18,23);5-7,21-22H,2,8-9H2,1,3-4H3,(H,18,23);4-6,8,18H,2,7H2,1,3H3,(H,17,19);3-6,18H,7H2,1-2H3,(H,16,19);3-5,7,17-18H,2,6H2,1H3,(H,16,19). The van der Waals surface area contributed by atoms with Crippen molar-refractivity contribution >= 4 is 118 Å². The van der Waals surface area contributed by atoms with Crippen LogP contribution in [0.5, 0.6) is 34.5 Å². The maximum Gasteiger partial charge on any atom is 0.325 e. The second kappa shape index (κ2) is 47.8. The van der Waals surface area contributed by atoms with Crippen molar-refractivity contribution in [3.63, 3.8) is 0 Å². The molecule has 0 bridgehead atoms.